The minimum atomic E-state index is 1.16. The fourth-order valence-electron chi connectivity index (χ4n) is 5.98. The first-order chi connectivity index (χ1) is 18.3. The monoisotopic (exact) mass is 517 g/mol. The molecule has 0 aliphatic carbocycles. The Bertz CT molecular complexity index is 1950. The van der Waals surface area contributed by atoms with Gasteiger partial charge in [-0.25, -0.2) is 0 Å². The van der Waals surface area contributed by atoms with Crippen molar-refractivity contribution in [2.75, 3.05) is 0 Å². The van der Waals surface area contributed by atoms with E-state index in [1.54, 1.807) is 0 Å². The van der Waals surface area contributed by atoms with Crippen molar-refractivity contribution in [1.29, 1.82) is 0 Å². The van der Waals surface area contributed by atoms with Gasteiger partial charge in [0.05, 0.1) is 40.9 Å². The fraction of sp³-hybridized carbons (Fsp3) is 0.188. The highest BCUT2D eigenvalue weighted by Crippen LogP contribution is 2.50. The number of benzene rings is 3. The van der Waals surface area contributed by atoms with E-state index in [-0.39, 0.29) is 0 Å². The number of unbranched alkanes of at least 4 members (excludes halogenated alkanes) is 3. The molecule has 0 aliphatic rings. The van der Waals surface area contributed by atoms with E-state index in [1.165, 1.54) is 99.6 Å². The third kappa shape index (κ3) is 3.11. The second-order valence-corrected chi connectivity index (χ2v) is 12.2. The number of nitrogens with one attached hydrogen (secondary N) is 2. The van der Waals surface area contributed by atoms with E-state index >= 15 is 0 Å². The maximum atomic E-state index is 3.77. The SMILES string of the molecule is CCCCCCc1ccc(-n2c3c4[nH]c5ccccc5c4sc3c3sc4c5ccccc5[nH]c4c32)cc1. The van der Waals surface area contributed by atoms with Gasteiger partial charge in [0.2, 0.25) is 0 Å². The van der Waals surface area contributed by atoms with Gasteiger partial charge < -0.3 is 14.5 Å². The van der Waals surface area contributed by atoms with Gasteiger partial charge in [0.25, 0.3) is 0 Å². The van der Waals surface area contributed by atoms with Crippen LogP contribution in [0, 0.1) is 0 Å². The molecule has 182 valence electrons. The predicted octanol–water partition coefficient (Wildman–Crippen LogP) is 10.3. The summed E-state index contributed by atoms with van der Waals surface area (Å²) in [4.78, 5) is 7.54. The van der Waals surface area contributed by atoms with Gasteiger partial charge in [-0.05, 0) is 42.7 Å². The molecule has 3 aromatic carbocycles. The molecule has 2 N–H and O–H groups in total. The van der Waals surface area contributed by atoms with Crippen molar-refractivity contribution in [1.82, 2.24) is 14.5 Å². The third-order valence-corrected chi connectivity index (χ3v) is 10.4. The van der Waals surface area contributed by atoms with Crippen LogP contribution in [0.15, 0.2) is 72.8 Å². The summed E-state index contributed by atoms with van der Waals surface area (Å²) >= 11 is 3.86. The second kappa shape index (κ2) is 8.23. The highest BCUT2D eigenvalue weighted by molar-refractivity contribution is 7.34. The van der Waals surface area contributed by atoms with Crippen LogP contribution in [0.3, 0.4) is 0 Å². The van der Waals surface area contributed by atoms with Gasteiger partial charge in [0.15, 0.2) is 0 Å². The van der Waals surface area contributed by atoms with Gasteiger partial charge in [-0.3, -0.25) is 0 Å². The summed E-state index contributed by atoms with van der Waals surface area (Å²) in [6.07, 6.45) is 6.36. The molecule has 5 aromatic heterocycles. The van der Waals surface area contributed by atoms with E-state index in [9.17, 15) is 0 Å². The molecular weight excluding hydrogens is 491 g/mol. The van der Waals surface area contributed by atoms with Crippen LogP contribution in [0.1, 0.15) is 38.2 Å². The van der Waals surface area contributed by atoms with Gasteiger partial charge in [0.1, 0.15) is 0 Å². The van der Waals surface area contributed by atoms with Crippen molar-refractivity contribution in [2.45, 2.75) is 39.0 Å². The van der Waals surface area contributed by atoms with E-state index < -0.39 is 0 Å². The summed E-state index contributed by atoms with van der Waals surface area (Å²) in [5.74, 6) is 0. The van der Waals surface area contributed by atoms with Crippen LogP contribution in [0.2, 0.25) is 0 Å². The minimum absolute atomic E-state index is 1.16. The number of aromatic amines is 2. The van der Waals surface area contributed by atoms with E-state index in [4.69, 9.17) is 0 Å². The lowest BCUT2D eigenvalue weighted by Crippen LogP contribution is -1.95. The maximum Gasteiger partial charge on any atom is 0.0902 e. The summed E-state index contributed by atoms with van der Waals surface area (Å²) in [5.41, 5.74) is 10.2. The Morgan fingerprint density at radius 3 is 1.76 bits per heavy atom. The van der Waals surface area contributed by atoms with Gasteiger partial charge >= 0.3 is 0 Å². The lowest BCUT2D eigenvalue weighted by Gasteiger charge is -2.08. The van der Waals surface area contributed by atoms with Crippen molar-refractivity contribution < 1.29 is 0 Å². The molecule has 0 saturated heterocycles. The number of fused-ring (bicyclic) bond motifs is 11. The van der Waals surface area contributed by atoms with Gasteiger partial charge in [-0.15, -0.1) is 22.7 Å². The molecule has 5 heteroatoms. The predicted molar refractivity (Wildman–Crippen MR) is 163 cm³/mol. The molecule has 0 fully saturated rings. The summed E-state index contributed by atoms with van der Waals surface area (Å²) in [6.45, 7) is 2.27. The Balaban J connectivity index is 1.41. The smallest absolute Gasteiger partial charge is 0.0902 e. The zero-order valence-electron chi connectivity index (χ0n) is 20.7. The number of rotatable bonds is 6. The number of hydrogen-bond acceptors (Lipinski definition) is 2. The number of para-hydroxylation sites is 2. The topological polar surface area (TPSA) is 36.5 Å². The van der Waals surface area contributed by atoms with Crippen LogP contribution < -0.4 is 0 Å². The Labute approximate surface area is 222 Å². The van der Waals surface area contributed by atoms with Crippen LogP contribution in [-0.4, -0.2) is 14.5 Å². The van der Waals surface area contributed by atoms with Crippen molar-refractivity contribution in [2.24, 2.45) is 0 Å². The molecule has 0 atom stereocenters. The van der Waals surface area contributed by atoms with E-state index in [0.29, 0.717) is 0 Å². The van der Waals surface area contributed by atoms with Crippen LogP contribution in [0.25, 0.3) is 68.4 Å². The second-order valence-electron chi connectivity index (χ2n) is 10.1. The zero-order valence-corrected chi connectivity index (χ0v) is 22.4. The van der Waals surface area contributed by atoms with Gasteiger partial charge in [-0.1, -0.05) is 74.7 Å². The van der Waals surface area contributed by atoms with Crippen LogP contribution >= 0.6 is 22.7 Å². The first kappa shape index (κ1) is 21.5. The molecule has 0 aliphatic heterocycles. The van der Waals surface area contributed by atoms with Crippen LogP contribution in [0.5, 0.6) is 0 Å². The quantitative estimate of drug-likeness (QED) is 0.206. The number of aromatic nitrogens is 3. The zero-order chi connectivity index (χ0) is 24.5. The number of H-pyrrole nitrogens is 2. The Hall–Kier alpha value is -3.54. The largest absolute Gasteiger partial charge is 0.352 e. The summed E-state index contributed by atoms with van der Waals surface area (Å²) in [5, 5.41) is 2.63. The van der Waals surface area contributed by atoms with Gasteiger partial charge in [0, 0.05) is 27.5 Å². The van der Waals surface area contributed by atoms with E-state index in [2.05, 4.69) is 94.3 Å². The molecule has 0 saturated carbocycles. The van der Waals surface area contributed by atoms with E-state index in [1.807, 2.05) is 22.7 Å². The Kier molecular flexibility index (Phi) is 4.79. The molecule has 8 rings (SSSR count). The van der Waals surface area contributed by atoms with Gasteiger partial charge in [-0.2, -0.15) is 0 Å². The molecule has 0 spiro atoms. The lowest BCUT2D eigenvalue weighted by molar-refractivity contribution is 0.667. The third-order valence-electron chi connectivity index (χ3n) is 7.80. The maximum absolute atomic E-state index is 3.77. The molecule has 0 amide bonds. The lowest BCUT2D eigenvalue weighted by atomic mass is 10.1. The first-order valence-electron chi connectivity index (χ1n) is 13.3. The van der Waals surface area contributed by atoms with Crippen LogP contribution in [0.4, 0.5) is 0 Å². The van der Waals surface area contributed by atoms with E-state index in [0.717, 1.165) is 6.42 Å². The average molecular weight is 518 g/mol. The molecule has 0 bridgehead atoms. The molecule has 8 aromatic rings. The van der Waals surface area contributed by atoms with Crippen molar-refractivity contribution in [3.8, 4) is 5.69 Å². The molecule has 0 unspecified atom stereocenters. The Morgan fingerprint density at radius 1 is 0.622 bits per heavy atom. The summed E-state index contributed by atoms with van der Waals surface area (Å²) in [6, 6.07) is 26.7. The number of thiophene rings is 2. The average Bonchev–Trinajstić information content (AvgIpc) is 3.70. The van der Waals surface area contributed by atoms with Crippen molar-refractivity contribution >= 4 is 85.3 Å². The highest BCUT2D eigenvalue weighted by atomic mass is 32.1. The summed E-state index contributed by atoms with van der Waals surface area (Å²) < 4.78 is 7.97. The summed E-state index contributed by atoms with van der Waals surface area (Å²) in [7, 11) is 0. The first-order valence-corrected chi connectivity index (χ1v) is 14.9. The minimum Gasteiger partial charge on any atom is -0.352 e. The molecule has 5 heterocycles. The molecule has 3 nitrogen and oxygen atoms in total. The Morgan fingerprint density at radius 2 is 1.19 bits per heavy atom. The molecule has 0 radical (unpaired) electrons. The molecular formula is C32H27N3S2. The number of hydrogen-bond donors (Lipinski definition) is 2. The van der Waals surface area contributed by atoms with Crippen molar-refractivity contribution in [3.63, 3.8) is 0 Å². The van der Waals surface area contributed by atoms with Crippen molar-refractivity contribution in [3.05, 3.63) is 78.4 Å². The standard InChI is InChI=1S/C32H27N3S2/c1-2-3-4-5-10-19-15-17-20(18-16-19)35-27-25-29(21-11-6-8-13-23(21)33-25)36-31(27)32-28(35)26-30(37-32)22-12-7-9-14-24(22)34-26/h6-9,11-18,33-34H,2-5,10H2,1H3. The number of aryl methyl sites for hydroxylation is 1. The molecule has 37 heavy (non-hydrogen) atoms. The number of nitrogens with zero attached hydrogens (tertiary/aromatic N) is 1. The fourth-order valence-corrected chi connectivity index (χ4v) is 8.67. The normalized spacial score (nSPS) is 12.5. The highest BCUT2D eigenvalue weighted by Gasteiger charge is 2.25. The van der Waals surface area contributed by atoms with Crippen LogP contribution in [-0.2, 0) is 6.42 Å².